The number of amides is 1. The molecule has 0 spiro atoms. The van der Waals surface area contributed by atoms with Crippen LogP contribution in [0.15, 0.2) is 48.5 Å². The molecule has 1 atom stereocenters. The zero-order valence-electron chi connectivity index (χ0n) is 16.4. The van der Waals surface area contributed by atoms with E-state index in [1.165, 1.54) is 12.1 Å². The number of hydrogen-bond donors (Lipinski definition) is 2. The van der Waals surface area contributed by atoms with Crippen molar-refractivity contribution in [3.8, 4) is 0 Å². The van der Waals surface area contributed by atoms with Gasteiger partial charge in [-0.3, -0.25) is 5.32 Å². The number of anilines is 1. The van der Waals surface area contributed by atoms with Crippen LogP contribution in [0.3, 0.4) is 0 Å². The van der Waals surface area contributed by atoms with E-state index >= 15 is 0 Å². The number of carbonyl (C=O) groups is 2. The van der Waals surface area contributed by atoms with Crippen molar-refractivity contribution in [1.29, 1.82) is 0 Å². The van der Waals surface area contributed by atoms with Crippen molar-refractivity contribution in [3.05, 3.63) is 65.2 Å². The van der Waals surface area contributed by atoms with Gasteiger partial charge in [0.25, 0.3) is 0 Å². The molecule has 6 nitrogen and oxygen atoms in total. The minimum Gasteiger partial charge on any atom is -0.479 e. The number of carbonyl (C=O) groups excluding carboxylic acids is 1. The Kier molecular flexibility index (Phi) is 7.82. The Morgan fingerprint density at radius 1 is 1.07 bits per heavy atom. The van der Waals surface area contributed by atoms with Crippen LogP contribution in [-0.4, -0.2) is 29.4 Å². The third-order valence-electron chi connectivity index (χ3n) is 3.93. The van der Waals surface area contributed by atoms with E-state index in [0.717, 1.165) is 12.1 Å². The molecule has 2 aromatic rings. The lowest BCUT2D eigenvalue weighted by molar-refractivity contribution is -0.153. The average molecular weight is 425 g/mol. The van der Waals surface area contributed by atoms with E-state index in [1.807, 2.05) is 0 Å². The highest BCUT2D eigenvalue weighted by Crippen LogP contribution is 2.30. The highest BCUT2D eigenvalue weighted by molar-refractivity contribution is 5.84. The predicted octanol–water partition coefficient (Wildman–Crippen LogP) is 4.87. The second-order valence-corrected chi connectivity index (χ2v) is 6.82. The van der Waals surface area contributed by atoms with Gasteiger partial charge in [0, 0.05) is 12.1 Å². The lowest BCUT2D eigenvalue weighted by Gasteiger charge is -2.17. The van der Waals surface area contributed by atoms with Crippen molar-refractivity contribution in [3.63, 3.8) is 0 Å². The molecule has 2 N–H and O–H groups in total. The molecule has 9 heteroatoms. The summed E-state index contributed by atoms with van der Waals surface area (Å²) < 4.78 is 48.6. The topological polar surface area (TPSA) is 84.9 Å². The predicted molar refractivity (Wildman–Crippen MR) is 103 cm³/mol. The number of carboxylic acid groups (broad SMARTS) is 1. The van der Waals surface area contributed by atoms with Crippen LogP contribution >= 0.6 is 0 Å². The Bertz CT molecular complexity index is 883. The van der Waals surface area contributed by atoms with Gasteiger partial charge in [-0.05, 0) is 43.2 Å². The summed E-state index contributed by atoms with van der Waals surface area (Å²) in [6, 6.07) is 11.0. The molecule has 0 bridgehead atoms. The van der Waals surface area contributed by atoms with Gasteiger partial charge in [0.1, 0.15) is 6.61 Å². The fourth-order valence-electron chi connectivity index (χ4n) is 2.66. The molecule has 2 aromatic carbocycles. The fourth-order valence-corrected chi connectivity index (χ4v) is 2.66. The van der Waals surface area contributed by atoms with Crippen LogP contribution in [0.2, 0.25) is 0 Å². The Labute approximate surface area is 171 Å². The number of aliphatic carboxylic acids is 1. The quantitative estimate of drug-likeness (QED) is 0.630. The highest BCUT2D eigenvalue weighted by atomic mass is 19.4. The molecule has 0 aromatic heterocycles. The van der Waals surface area contributed by atoms with Crippen LogP contribution in [0, 0.1) is 0 Å². The van der Waals surface area contributed by atoms with Crippen LogP contribution in [0.5, 0.6) is 0 Å². The van der Waals surface area contributed by atoms with Crippen molar-refractivity contribution < 1.29 is 37.3 Å². The molecular weight excluding hydrogens is 403 g/mol. The Hall–Kier alpha value is -3.07. The first-order valence-corrected chi connectivity index (χ1v) is 9.11. The zero-order valence-corrected chi connectivity index (χ0v) is 16.4. The van der Waals surface area contributed by atoms with Crippen LogP contribution in [0.1, 0.15) is 30.5 Å². The van der Waals surface area contributed by atoms with Gasteiger partial charge in [-0.25, -0.2) is 9.59 Å². The molecule has 0 radical (unpaired) electrons. The van der Waals surface area contributed by atoms with Gasteiger partial charge in [0.2, 0.25) is 0 Å². The van der Waals surface area contributed by atoms with Gasteiger partial charge in [0.15, 0.2) is 6.10 Å². The number of alkyl halides is 3. The fraction of sp³-hybridized carbons (Fsp3) is 0.333. The van der Waals surface area contributed by atoms with Crippen molar-refractivity contribution >= 4 is 17.7 Å². The van der Waals surface area contributed by atoms with E-state index in [0.29, 0.717) is 11.1 Å². The largest absolute Gasteiger partial charge is 0.479 e. The molecule has 0 aliphatic carbocycles. The summed E-state index contributed by atoms with van der Waals surface area (Å²) in [5, 5.41) is 11.5. The lowest BCUT2D eigenvalue weighted by Crippen LogP contribution is -2.29. The summed E-state index contributed by atoms with van der Waals surface area (Å²) >= 11 is 0. The third-order valence-corrected chi connectivity index (χ3v) is 3.93. The molecule has 0 saturated heterocycles. The highest BCUT2D eigenvalue weighted by Gasteiger charge is 2.30. The summed E-state index contributed by atoms with van der Waals surface area (Å²) in [6.45, 7) is 3.34. The van der Waals surface area contributed by atoms with E-state index in [-0.39, 0.29) is 24.8 Å². The SMILES string of the molecule is CC(C)OC(Cc1cccc(COC(=O)Nc2cccc(C(F)(F)F)c2)c1)C(=O)O. The van der Waals surface area contributed by atoms with Gasteiger partial charge < -0.3 is 14.6 Å². The maximum Gasteiger partial charge on any atom is 0.416 e. The second-order valence-electron chi connectivity index (χ2n) is 6.82. The number of benzene rings is 2. The normalized spacial score (nSPS) is 12.5. The van der Waals surface area contributed by atoms with Gasteiger partial charge in [-0.1, -0.05) is 30.3 Å². The van der Waals surface area contributed by atoms with E-state index in [2.05, 4.69) is 5.32 Å². The van der Waals surface area contributed by atoms with Crippen molar-refractivity contribution in [2.24, 2.45) is 0 Å². The molecule has 1 amide bonds. The van der Waals surface area contributed by atoms with Crippen molar-refractivity contribution in [2.75, 3.05) is 5.32 Å². The standard InChI is InChI=1S/C21H22F3NO5/c1-13(2)30-18(19(26)27)10-14-5-3-6-15(9-14)12-29-20(28)25-17-8-4-7-16(11-17)21(22,23)24/h3-9,11,13,18H,10,12H2,1-2H3,(H,25,28)(H,26,27). The monoisotopic (exact) mass is 425 g/mol. The van der Waals surface area contributed by atoms with Crippen LogP contribution in [0.4, 0.5) is 23.7 Å². The summed E-state index contributed by atoms with van der Waals surface area (Å²) in [5.74, 6) is -1.08. The molecular formula is C21H22F3NO5. The molecule has 0 saturated carbocycles. The van der Waals surface area contributed by atoms with E-state index < -0.39 is 29.9 Å². The summed E-state index contributed by atoms with van der Waals surface area (Å²) in [5.41, 5.74) is 0.353. The molecule has 30 heavy (non-hydrogen) atoms. The maximum absolute atomic E-state index is 12.7. The van der Waals surface area contributed by atoms with Crippen LogP contribution < -0.4 is 5.32 Å². The second kappa shape index (κ2) is 10.1. The van der Waals surface area contributed by atoms with Crippen LogP contribution in [0.25, 0.3) is 0 Å². The average Bonchev–Trinajstić information content (AvgIpc) is 2.65. The number of carboxylic acids is 1. The van der Waals surface area contributed by atoms with Gasteiger partial charge >= 0.3 is 18.2 Å². The molecule has 0 aliphatic heterocycles. The summed E-state index contributed by atoms with van der Waals surface area (Å²) in [4.78, 5) is 23.2. The minimum atomic E-state index is -4.52. The van der Waals surface area contributed by atoms with Crippen molar-refractivity contribution in [2.45, 2.75) is 45.3 Å². The van der Waals surface area contributed by atoms with Gasteiger partial charge in [0.05, 0.1) is 11.7 Å². The number of hydrogen-bond acceptors (Lipinski definition) is 4. The third kappa shape index (κ3) is 7.40. The Morgan fingerprint density at radius 3 is 2.37 bits per heavy atom. The first kappa shape index (κ1) is 23.2. The van der Waals surface area contributed by atoms with Gasteiger partial charge in [-0.2, -0.15) is 13.2 Å². The smallest absolute Gasteiger partial charge is 0.416 e. The van der Waals surface area contributed by atoms with Crippen molar-refractivity contribution in [1.82, 2.24) is 0 Å². The summed E-state index contributed by atoms with van der Waals surface area (Å²) in [7, 11) is 0. The van der Waals surface area contributed by atoms with Gasteiger partial charge in [-0.15, -0.1) is 0 Å². The number of halogens is 3. The Morgan fingerprint density at radius 2 is 1.73 bits per heavy atom. The Balaban J connectivity index is 1.95. The summed E-state index contributed by atoms with van der Waals surface area (Å²) in [6.07, 6.45) is -6.55. The number of rotatable bonds is 8. The van der Waals surface area contributed by atoms with Crippen LogP contribution in [-0.2, 0) is 33.5 Å². The molecule has 2 rings (SSSR count). The van der Waals surface area contributed by atoms with E-state index in [9.17, 15) is 27.9 Å². The molecule has 1 unspecified atom stereocenters. The van der Waals surface area contributed by atoms with E-state index in [1.54, 1.807) is 38.1 Å². The molecule has 0 aliphatic rings. The minimum absolute atomic E-state index is 0.0429. The first-order chi connectivity index (χ1) is 14.0. The maximum atomic E-state index is 12.7. The molecule has 0 fully saturated rings. The first-order valence-electron chi connectivity index (χ1n) is 9.11. The number of ether oxygens (including phenoxy) is 2. The zero-order chi connectivity index (χ0) is 22.3. The lowest BCUT2D eigenvalue weighted by atomic mass is 10.0. The van der Waals surface area contributed by atoms with E-state index in [4.69, 9.17) is 9.47 Å². The number of nitrogens with one attached hydrogen (secondary N) is 1. The molecule has 0 heterocycles. The molecule has 162 valence electrons.